The summed E-state index contributed by atoms with van der Waals surface area (Å²) in [6, 6.07) is 2.57. The fourth-order valence-electron chi connectivity index (χ4n) is 1.00. The van der Waals surface area contributed by atoms with Gasteiger partial charge in [-0.2, -0.15) is 0 Å². The van der Waals surface area contributed by atoms with Crippen molar-refractivity contribution in [1.29, 1.82) is 0 Å². The minimum atomic E-state index is -0.695. The number of carbonyl (C=O) groups is 1. The van der Waals surface area contributed by atoms with Gasteiger partial charge >= 0.3 is 0 Å². The van der Waals surface area contributed by atoms with Gasteiger partial charge in [-0.1, -0.05) is 0 Å². The van der Waals surface area contributed by atoms with Crippen molar-refractivity contribution in [1.82, 2.24) is 0 Å². The number of carbonyl (C=O) groups excluding carboxylic acids is 1. The molecule has 1 rings (SSSR count). The molecule has 0 fully saturated rings. The molecule has 1 aromatic carbocycles. The summed E-state index contributed by atoms with van der Waals surface area (Å²) in [6.45, 7) is 0.154. The Morgan fingerprint density at radius 3 is 2.79 bits per heavy atom. The van der Waals surface area contributed by atoms with E-state index in [0.717, 1.165) is 6.07 Å². The molecule has 0 aliphatic heterocycles. The van der Waals surface area contributed by atoms with E-state index < -0.39 is 11.1 Å². The Balaban J connectivity index is 3.17. The number of methoxy groups -OCH3 is 1. The highest BCUT2D eigenvalue weighted by atomic mass is 79.9. The Hall–Kier alpha value is -0.450. The molecule has 0 saturated carbocycles. The smallest absolute Gasteiger partial charge is 0.253 e. The molecule has 0 atom stereocenters. The van der Waals surface area contributed by atoms with E-state index in [-0.39, 0.29) is 12.2 Å². The molecule has 0 saturated heterocycles. The number of hydrogen-bond donors (Lipinski definition) is 0. The molecule has 0 N–H and O–H groups in total. The van der Waals surface area contributed by atoms with Crippen LogP contribution in [0.15, 0.2) is 16.6 Å². The molecule has 0 aliphatic carbocycles. The van der Waals surface area contributed by atoms with Crippen LogP contribution in [-0.4, -0.2) is 12.4 Å². The van der Waals surface area contributed by atoms with Crippen LogP contribution in [0.1, 0.15) is 15.9 Å². The number of benzene rings is 1. The van der Waals surface area contributed by atoms with Crippen molar-refractivity contribution in [3.63, 3.8) is 0 Å². The van der Waals surface area contributed by atoms with Crippen LogP contribution in [-0.2, 0) is 11.3 Å². The largest absolute Gasteiger partial charge is 0.380 e. The van der Waals surface area contributed by atoms with Crippen molar-refractivity contribution in [2.75, 3.05) is 7.11 Å². The molecule has 1 aromatic rings. The normalized spacial score (nSPS) is 10.3. The van der Waals surface area contributed by atoms with E-state index in [2.05, 4.69) is 15.9 Å². The summed E-state index contributed by atoms with van der Waals surface area (Å²) >= 11 is 8.37. The topological polar surface area (TPSA) is 26.3 Å². The minimum Gasteiger partial charge on any atom is -0.380 e. The summed E-state index contributed by atoms with van der Waals surface area (Å²) in [4.78, 5) is 10.8. The molecule has 14 heavy (non-hydrogen) atoms. The van der Waals surface area contributed by atoms with Crippen LogP contribution in [0.25, 0.3) is 0 Å². The van der Waals surface area contributed by atoms with Crippen LogP contribution in [0.5, 0.6) is 0 Å². The van der Waals surface area contributed by atoms with E-state index in [0.29, 0.717) is 10.0 Å². The number of ether oxygens (including phenoxy) is 1. The van der Waals surface area contributed by atoms with Gasteiger partial charge in [-0.05, 0) is 39.7 Å². The minimum absolute atomic E-state index is 0.115. The van der Waals surface area contributed by atoms with Gasteiger partial charge in [0.1, 0.15) is 5.82 Å². The second-order valence-corrected chi connectivity index (χ2v) is 3.83. The van der Waals surface area contributed by atoms with E-state index in [4.69, 9.17) is 16.3 Å². The van der Waals surface area contributed by atoms with Crippen LogP contribution in [0.2, 0.25) is 0 Å². The first-order valence-electron chi connectivity index (χ1n) is 3.73. The van der Waals surface area contributed by atoms with Gasteiger partial charge in [0, 0.05) is 17.1 Å². The highest BCUT2D eigenvalue weighted by molar-refractivity contribution is 9.10. The maximum absolute atomic E-state index is 13.3. The molecule has 0 aromatic heterocycles. The SMILES string of the molecule is COCc1cc(Br)c(C(=O)Cl)cc1F. The van der Waals surface area contributed by atoms with Crippen LogP contribution in [0.4, 0.5) is 4.39 Å². The number of halogens is 3. The Morgan fingerprint density at radius 2 is 2.29 bits per heavy atom. The predicted molar refractivity (Wildman–Crippen MR) is 55.0 cm³/mol. The molecule has 0 aliphatic rings. The zero-order valence-corrected chi connectivity index (χ0v) is 9.65. The third-order valence-electron chi connectivity index (χ3n) is 1.65. The standard InChI is InChI=1S/C9H7BrClFO2/c1-14-4-5-2-7(10)6(9(11)13)3-8(5)12/h2-3H,4H2,1H3. The van der Waals surface area contributed by atoms with Gasteiger partial charge in [-0.25, -0.2) is 4.39 Å². The van der Waals surface area contributed by atoms with E-state index >= 15 is 0 Å². The quantitative estimate of drug-likeness (QED) is 0.796. The lowest BCUT2D eigenvalue weighted by atomic mass is 10.1. The van der Waals surface area contributed by atoms with E-state index in [1.165, 1.54) is 13.2 Å². The molecule has 0 heterocycles. The summed E-state index contributed by atoms with van der Waals surface area (Å²) in [5.74, 6) is -0.501. The van der Waals surface area contributed by atoms with Crippen LogP contribution < -0.4 is 0 Å². The van der Waals surface area contributed by atoms with Gasteiger partial charge in [-0.15, -0.1) is 0 Å². The van der Waals surface area contributed by atoms with Gasteiger partial charge in [0.15, 0.2) is 0 Å². The Morgan fingerprint density at radius 1 is 1.64 bits per heavy atom. The van der Waals surface area contributed by atoms with E-state index in [9.17, 15) is 9.18 Å². The average Bonchev–Trinajstić information content (AvgIpc) is 2.10. The first-order chi connectivity index (χ1) is 6.56. The van der Waals surface area contributed by atoms with Gasteiger partial charge in [0.2, 0.25) is 0 Å². The summed E-state index contributed by atoms with van der Waals surface area (Å²) in [6.07, 6.45) is 0. The van der Waals surface area contributed by atoms with Crippen molar-refractivity contribution in [3.8, 4) is 0 Å². The van der Waals surface area contributed by atoms with Crippen LogP contribution >= 0.6 is 27.5 Å². The van der Waals surface area contributed by atoms with Gasteiger partial charge in [0.25, 0.3) is 5.24 Å². The maximum atomic E-state index is 13.3. The molecule has 0 amide bonds. The Labute approximate surface area is 94.1 Å². The monoisotopic (exact) mass is 280 g/mol. The molecule has 0 unspecified atom stereocenters. The third kappa shape index (κ3) is 2.53. The summed E-state index contributed by atoms with van der Waals surface area (Å²) in [5.41, 5.74) is 0.491. The van der Waals surface area contributed by atoms with Crippen molar-refractivity contribution >= 4 is 32.8 Å². The Bertz CT molecular complexity index is 368. The van der Waals surface area contributed by atoms with Crippen molar-refractivity contribution in [2.24, 2.45) is 0 Å². The van der Waals surface area contributed by atoms with Gasteiger partial charge in [0.05, 0.1) is 12.2 Å². The second-order valence-electron chi connectivity index (χ2n) is 2.63. The summed E-state index contributed by atoms with van der Waals surface area (Å²) in [5, 5.41) is -0.695. The zero-order chi connectivity index (χ0) is 10.7. The molecule has 76 valence electrons. The highest BCUT2D eigenvalue weighted by Crippen LogP contribution is 2.23. The lowest BCUT2D eigenvalue weighted by Gasteiger charge is -2.05. The summed E-state index contributed by atoms with van der Waals surface area (Å²) in [7, 11) is 1.47. The van der Waals surface area contributed by atoms with Crippen molar-refractivity contribution in [2.45, 2.75) is 6.61 Å². The number of hydrogen-bond acceptors (Lipinski definition) is 2. The van der Waals surface area contributed by atoms with Crippen molar-refractivity contribution in [3.05, 3.63) is 33.5 Å². The van der Waals surface area contributed by atoms with E-state index in [1.807, 2.05) is 0 Å². The average molecular weight is 282 g/mol. The second kappa shape index (κ2) is 4.87. The fraction of sp³-hybridized carbons (Fsp3) is 0.222. The number of rotatable bonds is 3. The Kier molecular flexibility index (Phi) is 4.04. The molecular formula is C9H7BrClFO2. The first kappa shape index (κ1) is 11.6. The first-order valence-corrected chi connectivity index (χ1v) is 4.90. The predicted octanol–water partition coefficient (Wildman–Crippen LogP) is 3.11. The van der Waals surface area contributed by atoms with Crippen molar-refractivity contribution < 1.29 is 13.9 Å². The van der Waals surface area contributed by atoms with Crippen LogP contribution in [0.3, 0.4) is 0 Å². The molecule has 0 spiro atoms. The summed E-state index contributed by atoms with van der Waals surface area (Å²) < 4.78 is 18.5. The lowest BCUT2D eigenvalue weighted by molar-refractivity contribution is 0.108. The molecule has 5 heteroatoms. The van der Waals surface area contributed by atoms with Gasteiger partial charge < -0.3 is 4.74 Å². The third-order valence-corrected chi connectivity index (χ3v) is 2.51. The maximum Gasteiger partial charge on any atom is 0.253 e. The molecule has 2 nitrogen and oxygen atoms in total. The lowest BCUT2D eigenvalue weighted by Crippen LogP contribution is -1.98. The molecular weight excluding hydrogens is 274 g/mol. The molecule has 0 bridgehead atoms. The van der Waals surface area contributed by atoms with Crippen LogP contribution in [0, 0.1) is 5.82 Å². The van der Waals surface area contributed by atoms with E-state index in [1.54, 1.807) is 0 Å². The molecule has 0 radical (unpaired) electrons. The fourth-order valence-corrected chi connectivity index (χ4v) is 1.85. The zero-order valence-electron chi connectivity index (χ0n) is 7.31. The highest BCUT2D eigenvalue weighted by Gasteiger charge is 2.12. The van der Waals surface area contributed by atoms with Gasteiger partial charge in [-0.3, -0.25) is 4.79 Å².